The van der Waals surface area contributed by atoms with Gasteiger partial charge in [0.25, 0.3) is 0 Å². The topological polar surface area (TPSA) is 43.8 Å². The van der Waals surface area contributed by atoms with Gasteiger partial charge in [-0.05, 0) is 47.4 Å². The van der Waals surface area contributed by atoms with Crippen molar-refractivity contribution in [3.05, 3.63) is 57.8 Å². The molecule has 1 saturated heterocycles. The van der Waals surface area contributed by atoms with Gasteiger partial charge in [0, 0.05) is 50.9 Å². The van der Waals surface area contributed by atoms with Crippen molar-refractivity contribution in [2.45, 2.75) is 32.5 Å². The highest BCUT2D eigenvalue weighted by Crippen LogP contribution is 2.20. The third-order valence-corrected chi connectivity index (χ3v) is 5.59. The van der Waals surface area contributed by atoms with Crippen LogP contribution in [0.2, 0.25) is 0 Å². The number of ketones is 1. The molecular weight excluding hydrogens is 332 g/mol. The zero-order chi connectivity index (χ0) is 17.6. The van der Waals surface area contributed by atoms with Crippen molar-refractivity contribution in [3.8, 4) is 0 Å². The summed E-state index contributed by atoms with van der Waals surface area (Å²) in [6.45, 7) is 6.62. The molecule has 1 N–H and O–H groups in total. The highest BCUT2D eigenvalue weighted by Gasteiger charge is 2.26. The van der Waals surface area contributed by atoms with E-state index < -0.39 is 0 Å². The summed E-state index contributed by atoms with van der Waals surface area (Å²) in [5, 5.41) is 13.8. The fourth-order valence-electron chi connectivity index (χ4n) is 3.50. The van der Waals surface area contributed by atoms with E-state index in [1.807, 2.05) is 18.2 Å². The summed E-state index contributed by atoms with van der Waals surface area (Å²) >= 11 is 1.73. The summed E-state index contributed by atoms with van der Waals surface area (Å²) in [4.78, 5) is 16.5. The second-order valence-corrected chi connectivity index (χ2v) is 7.54. The van der Waals surface area contributed by atoms with E-state index in [1.54, 1.807) is 18.3 Å². The molecule has 0 radical (unpaired) electrons. The van der Waals surface area contributed by atoms with Gasteiger partial charge in [-0.15, -0.1) is 0 Å². The van der Waals surface area contributed by atoms with Crippen LogP contribution in [0.1, 0.15) is 34.8 Å². The zero-order valence-corrected chi connectivity index (χ0v) is 15.5. The van der Waals surface area contributed by atoms with Crippen molar-refractivity contribution in [3.63, 3.8) is 0 Å². The van der Waals surface area contributed by atoms with E-state index in [0.717, 1.165) is 44.7 Å². The Kier molecular flexibility index (Phi) is 6.37. The SMILES string of the molecule is CC(=O)c1cccc(CN2CCN(Cc3ccsc3)[C@H](CCO)C2)c1. The molecule has 1 aliphatic rings. The minimum atomic E-state index is 0.112. The Labute approximate surface area is 153 Å². The van der Waals surface area contributed by atoms with E-state index in [1.165, 1.54) is 11.1 Å². The molecule has 0 unspecified atom stereocenters. The van der Waals surface area contributed by atoms with Gasteiger partial charge < -0.3 is 5.11 Å². The molecule has 1 aliphatic heterocycles. The molecule has 134 valence electrons. The number of piperazine rings is 1. The third-order valence-electron chi connectivity index (χ3n) is 4.86. The van der Waals surface area contributed by atoms with Crippen LogP contribution in [0.25, 0.3) is 0 Å². The van der Waals surface area contributed by atoms with Crippen molar-refractivity contribution in [2.75, 3.05) is 26.2 Å². The van der Waals surface area contributed by atoms with E-state index in [0.29, 0.717) is 6.04 Å². The van der Waals surface area contributed by atoms with Crippen molar-refractivity contribution < 1.29 is 9.90 Å². The van der Waals surface area contributed by atoms with Gasteiger partial charge in [-0.3, -0.25) is 14.6 Å². The van der Waals surface area contributed by atoms with Crippen LogP contribution < -0.4 is 0 Å². The van der Waals surface area contributed by atoms with E-state index in [4.69, 9.17) is 0 Å². The molecule has 3 rings (SSSR count). The highest BCUT2D eigenvalue weighted by molar-refractivity contribution is 7.07. The number of carbonyl (C=O) groups is 1. The van der Waals surface area contributed by atoms with Gasteiger partial charge >= 0.3 is 0 Å². The Morgan fingerprint density at radius 1 is 1.24 bits per heavy atom. The number of nitrogens with zero attached hydrogens (tertiary/aromatic N) is 2. The van der Waals surface area contributed by atoms with Gasteiger partial charge in [-0.1, -0.05) is 18.2 Å². The molecule has 4 nitrogen and oxygen atoms in total. The Balaban J connectivity index is 1.63. The van der Waals surface area contributed by atoms with Crippen LogP contribution in [-0.4, -0.2) is 53.0 Å². The number of aliphatic hydroxyl groups is 1. The van der Waals surface area contributed by atoms with E-state index in [-0.39, 0.29) is 12.4 Å². The molecule has 0 amide bonds. The van der Waals surface area contributed by atoms with Gasteiger partial charge in [0.15, 0.2) is 5.78 Å². The molecule has 0 bridgehead atoms. The van der Waals surface area contributed by atoms with Crippen LogP contribution in [-0.2, 0) is 13.1 Å². The lowest BCUT2D eigenvalue weighted by molar-refractivity contribution is 0.0500. The number of aliphatic hydroxyl groups excluding tert-OH is 1. The second-order valence-electron chi connectivity index (χ2n) is 6.76. The minimum Gasteiger partial charge on any atom is -0.396 e. The predicted octanol–water partition coefficient (Wildman–Crippen LogP) is 3.02. The van der Waals surface area contributed by atoms with Gasteiger partial charge in [0.2, 0.25) is 0 Å². The largest absolute Gasteiger partial charge is 0.396 e. The Hall–Kier alpha value is -1.53. The van der Waals surface area contributed by atoms with Gasteiger partial charge in [-0.2, -0.15) is 11.3 Å². The van der Waals surface area contributed by atoms with Crippen molar-refractivity contribution in [2.24, 2.45) is 0 Å². The summed E-state index contributed by atoms with van der Waals surface area (Å²) in [5.41, 5.74) is 3.32. The minimum absolute atomic E-state index is 0.112. The zero-order valence-electron chi connectivity index (χ0n) is 14.7. The molecule has 25 heavy (non-hydrogen) atoms. The fourth-order valence-corrected chi connectivity index (χ4v) is 4.16. The maximum atomic E-state index is 11.6. The summed E-state index contributed by atoms with van der Waals surface area (Å²) in [7, 11) is 0. The van der Waals surface area contributed by atoms with Crippen LogP contribution in [0, 0.1) is 0 Å². The third kappa shape index (κ3) is 4.98. The molecule has 0 aliphatic carbocycles. The first-order valence-corrected chi connectivity index (χ1v) is 9.78. The number of hydrogen-bond donors (Lipinski definition) is 1. The number of hydrogen-bond acceptors (Lipinski definition) is 5. The number of Topliss-reactive ketones (excluding diaryl/α,β-unsaturated/α-hetero) is 1. The molecule has 1 aromatic heterocycles. The first-order chi connectivity index (χ1) is 12.2. The van der Waals surface area contributed by atoms with Crippen LogP contribution in [0.3, 0.4) is 0 Å². The Bertz CT molecular complexity index is 687. The summed E-state index contributed by atoms with van der Waals surface area (Å²) in [5.74, 6) is 0.112. The van der Waals surface area contributed by atoms with Crippen LogP contribution >= 0.6 is 11.3 Å². The first-order valence-electron chi connectivity index (χ1n) is 8.84. The molecular formula is C20H26N2O2S. The molecule has 0 spiro atoms. The summed E-state index contributed by atoms with van der Waals surface area (Å²) in [6.07, 6.45) is 0.800. The Morgan fingerprint density at radius 2 is 2.12 bits per heavy atom. The molecule has 2 aromatic rings. The molecule has 1 atom stereocenters. The van der Waals surface area contributed by atoms with Gasteiger partial charge in [-0.25, -0.2) is 0 Å². The Morgan fingerprint density at radius 3 is 2.84 bits per heavy atom. The number of carbonyl (C=O) groups excluding carboxylic acids is 1. The molecule has 1 fully saturated rings. The monoisotopic (exact) mass is 358 g/mol. The van der Waals surface area contributed by atoms with Crippen molar-refractivity contribution in [1.29, 1.82) is 0 Å². The predicted molar refractivity (Wildman–Crippen MR) is 102 cm³/mol. The summed E-state index contributed by atoms with van der Waals surface area (Å²) < 4.78 is 0. The first kappa shape index (κ1) is 18.3. The second kappa shape index (κ2) is 8.72. The normalized spacial score (nSPS) is 19.2. The molecule has 2 heterocycles. The maximum Gasteiger partial charge on any atom is 0.159 e. The van der Waals surface area contributed by atoms with Crippen molar-refractivity contribution in [1.82, 2.24) is 9.80 Å². The number of benzene rings is 1. The smallest absolute Gasteiger partial charge is 0.159 e. The van der Waals surface area contributed by atoms with E-state index in [2.05, 4.69) is 32.7 Å². The molecule has 5 heteroatoms. The average Bonchev–Trinajstić information content (AvgIpc) is 3.11. The van der Waals surface area contributed by atoms with Crippen molar-refractivity contribution >= 4 is 17.1 Å². The van der Waals surface area contributed by atoms with Crippen LogP contribution in [0.15, 0.2) is 41.1 Å². The van der Waals surface area contributed by atoms with E-state index >= 15 is 0 Å². The maximum absolute atomic E-state index is 11.6. The van der Waals surface area contributed by atoms with Crippen LogP contribution in [0.4, 0.5) is 0 Å². The quantitative estimate of drug-likeness (QED) is 0.773. The number of thiophene rings is 1. The fraction of sp³-hybridized carbons (Fsp3) is 0.450. The lowest BCUT2D eigenvalue weighted by atomic mass is 10.0. The summed E-state index contributed by atoms with van der Waals surface area (Å²) in [6, 6.07) is 10.5. The lowest BCUT2D eigenvalue weighted by Crippen LogP contribution is -2.52. The van der Waals surface area contributed by atoms with Crippen LogP contribution in [0.5, 0.6) is 0 Å². The van der Waals surface area contributed by atoms with Gasteiger partial charge in [0.1, 0.15) is 0 Å². The van der Waals surface area contributed by atoms with E-state index in [9.17, 15) is 9.90 Å². The number of rotatable bonds is 7. The standard InChI is InChI=1S/C20H26N2O2S/c1-16(24)19-4-2-3-17(11-19)12-21-7-8-22(20(14-21)5-9-23)13-18-6-10-25-15-18/h2-4,6,10-11,15,20,23H,5,7-9,12-14H2,1H3/t20-/m1/s1. The van der Waals surface area contributed by atoms with Gasteiger partial charge in [0.05, 0.1) is 0 Å². The lowest BCUT2D eigenvalue weighted by Gasteiger charge is -2.41. The molecule has 0 saturated carbocycles. The molecule has 1 aromatic carbocycles. The average molecular weight is 359 g/mol. The highest BCUT2D eigenvalue weighted by atomic mass is 32.1.